The van der Waals surface area contributed by atoms with Gasteiger partial charge in [0.05, 0.1) is 0 Å². The molecule has 0 aliphatic heterocycles. The van der Waals surface area contributed by atoms with Crippen LogP contribution >= 0.6 is 0 Å². The molecule has 0 nitrogen and oxygen atoms in total. The van der Waals surface area contributed by atoms with E-state index in [1.165, 1.54) is 32.1 Å². The van der Waals surface area contributed by atoms with Crippen LogP contribution in [0.5, 0.6) is 0 Å². The van der Waals surface area contributed by atoms with Crippen molar-refractivity contribution in [3.05, 3.63) is 13.8 Å². The predicted octanol–water partition coefficient (Wildman–Crippen LogP) is 3.87. The molecular weight excluding hydrogens is 221 g/mol. The van der Waals surface area contributed by atoms with E-state index in [4.69, 9.17) is 0 Å². The van der Waals surface area contributed by atoms with Crippen molar-refractivity contribution >= 4 is 0 Å². The molecule has 1 heteroatoms. The zero-order valence-corrected chi connectivity index (χ0v) is 11.7. The predicted molar refractivity (Wildman–Crippen MR) is 52.1 cm³/mol. The van der Waals surface area contributed by atoms with Crippen molar-refractivity contribution < 1.29 is 32.7 Å². The second-order valence-corrected chi connectivity index (χ2v) is 3.94. The molecule has 1 fully saturated rings. The Labute approximate surface area is 104 Å². The Morgan fingerprint density at radius 3 is 2.17 bits per heavy atom. The van der Waals surface area contributed by atoms with Gasteiger partial charge in [-0.1, -0.05) is 26.7 Å². The molecule has 0 bridgehead atoms. The molecule has 1 saturated carbocycles. The molecule has 1 aliphatic rings. The molecular formula is C11H22Y-2. The van der Waals surface area contributed by atoms with E-state index in [-0.39, 0.29) is 40.1 Å². The quantitative estimate of drug-likeness (QED) is 0.646. The third-order valence-corrected chi connectivity index (χ3v) is 2.36. The molecule has 0 spiro atoms. The van der Waals surface area contributed by atoms with Gasteiger partial charge in [0, 0.05) is 32.7 Å². The summed E-state index contributed by atoms with van der Waals surface area (Å²) in [7, 11) is 0. The maximum absolute atomic E-state index is 2.44. The van der Waals surface area contributed by atoms with Crippen LogP contribution in [-0.2, 0) is 32.7 Å². The fourth-order valence-electron chi connectivity index (χ4n) is 1.90. The summed E-state index contributed by atoms with van der Waals surface area (Å²) in [6, 6.07) is 0. The van der Waals surface area contributed by atoms with Gasteiger partial charge in [0.1, 0.15) is 0 Å². The van der Waals surface area contributed by atoms with Crippen LogP contribution in [0.4, 0.5) is 0 Å². The molecule has 0 aromatic heterocycles. The van der Waals surface area contributed by atoms with Crippen molar-refractivity contribution in [3.8, 4) is 0 Å². The molecule has 12 heavy (non-hydrogen) atoms. The van der Waals surface area contributed by atoms with Gasteiger partial charge in [0.15, 0.2) is 0 Å². The van der Waals surface area contributed by atoms with Gasteiger partial charge in [0.2, 0.25) is 0 Å². The van der Waals surface area contributed by atoms with Crippen LogP contribution in [0.25, 0.3) is 0 Å². The van der Waals surface area contributed by atoms with Crippen LogP contribution in [0, 0.1) is 25.7 Å². The first-order chi connectivity index (χ1) is 4.79. The number of hydrogen-bond acceptors (Lipinski definition) is 0. The Balaban J connectivity index is 0. The van der Waals surface area contributed by atoms with Crippen LogP contribution < -0.4 is 0 Å². The van der Waals surface area contributed by atoms with E-state index >= 15 is 0 Å². The molecule has 0 N–H and O–H groups in total. The Morgan fingerprint density at radius 2 is 1.75 bits per heavy atom. The van der Waals surface area contributed by atoms with Crippen molar-refractivity contribution in [3.63, 3.8) is 0 Å². The SMILES string of the molecule is CC(C)CC1CC[CH-]CC1.[CH3-].[Y]. The topological polar surface area (TPSA) is 0 Å². The second-order valence-electron chi connectivity index (χ2n) is 3.94. The van der Waals surface area contributed by atoms with Crippen molar-refractivity contribution in [1.29, 1.82) is 0 Å². The first-order valence-corrected chi connectivity index (χ1v) is 4.60. The molecule has 0 aromatic rings. The van der Waals surface area contributed by atoms with Crippen molar-refractivity contribution in [1.82, 2.24) is 0 Å². The summed E-state index contributed by atoms with van der Waals surface area (Å²) in [6.07, 6.45) is 9.55. The summed E-state index contributed by atoms with van der Waals surface area (Å²) in [4.78, 5) is 0. The summed E-state index contributed by atoms with van der Waals surface area (Å²) in [5, 5.41) is 0. The molecule has 0 saturated heterocycles. The number of hydrogen-bond donors (Lipinski definition) is 0. The van der Waals surface area contributed by atoms with E-state index < -0.39 is 0 Å². The third kappa shape index (κ3) is 6.60. The smallest absolute Gasteiger partial charge is 0 e. The Kier molecular flexibility index (Phi) is 11.3. The monoisotopic (exact) mass is 243 g/mol. The fraction of sp³-hybridized carbons (Fsp3) is 0.818. The summed E-state index contributed by atoms with van der Waals surface area (Å²) in [5.41, 5.74) is 0. The normalized spacial score (nSPS) is 18.2. The van der Waals surface area contributed by atoms with Crippen LogP contribution in [0.2, 0.25) is 0 Å². The van der Waals surface area contributed by atoms with Crippen LogP contribution in [0.15, 0.2) is 0 Å². The minimum Gasteiger partial charge on any atom is -0.358 e. The van der Waals surface area contributed by atoms with E-state index in [1.54, 1.807) is 0 Å². The third-order valence-electron chi connectivity index (χ3n) is 2.36. The van der Waals surface area contributed by atoms with Gasteiger partial charge >= 0.3 is 0 Å². The average Bonchev–Trinajstić information content (AvgIpc) is 1.88. The Bertz CT molecular complexity index is 83.0. The molecule has 0 aromatic carbocycles. The minimum absolute atomic E-state index is 0. The first-order valence-electron chi connectivity index (χ1n) is 4.60. The fourth-order valence-corrected chi connectivity index (χ4v) is 1.90. The van der Waals surface area contributed by atoms with E-state index in [1.807, 2.05) is 0 Å². The van der Waals surface area contributed by atoms with Gasteiger partial charge in [-0.25, -0.2) is 0 Å². The van der Waals surface area contributed by atoms with Crippen molar-refractivity contribution in [2.24, 2.45) is 11.8 Å². The summed E-state index contributed by atoms with van der Waals surface area (Å²) in [6.45, 7) is 4.66. The van der Waals surface area contributed by atoms with E-state index in [9.17, 15) is 0 Å². The van der Waals surface area contributed by atoms with Gasteiger partial charge in [-0.05, 0) is 18.3 Å². The first kappa shape index (κ1) is 15.6. The van der Waals surface area contributed by atoms with Gasteiger partial charge in [-0.2, -0.15) is 12.8 Å². The van der Waals surface area contributed by atoms with Crippen molar-refractivity contribution in [2.45, 2.75) is 46.0 Å². The summed E-state index contributed by atoms with van der Waals surface area (Å²) in [5.74, 6) is 1.95. The molecule has 1 radical (unpaired) electrons. The zero-order chi connectivity index (χ0) is 7.40. The van der Waals surface area contributed by atoms with Crippen LogP contribution in [0.3, 0.4) is 0 Å². The molecule has 71 valence electrons. The summed E-state index contributed by atoms with van der Waals surface area (Å²) < 4.78 is 0. The summed E-state index contributed by atoms with van der Waals surface area (Å²) >= 11 is 0. The molecule has 0 atom stereocenters. The standard InChI is InChI=1S/C10H19.CH3.Y/c1-9(2)8-10-6-4-3-5-7-10;;/h3,9-10H,4-8H2,1-2H3;1H3;/q2*-1;. The van der Waals surface area contributed by atoms with Gasteiger partial charge in [-0.15, -0.1) is 0 Å². The maximum Gasteiger partial charge on any atom is 0 e. The van der Waals surface area contributed by atoms with Crippen LogP contribution in [-0.4, -0.2) is 0 Å². The molecule has 0 unspecified atom stereocenters. The van der Waals surface area contributed by atoms with Gasteiger partial charge < -0.3 is 13.8 Å². The van der Waals surface area contributed by atoms with Gasteiger partial charge in [0.25, 0.3) is 0 Å². The largest absolute Gasteiger partial charge is 0.358 e. The molecule has 1 aliphatic carbocycles. The van der Waals surface area contributed by atoms with Gasteiger partial charge in [-0.3, -0.25) is 0 Å². The average molecular weight is 243 g/mol. The number of rotatable bonds is 2. The van der Waals surface area contributed by atoms with E-state index in [2.05, 4.69) is 20.3 Å². The Morgan fingerprint density at radius 1 is 1.25 bits per heavy atom. The van der Waals surface area contributed by atoms with Crippen LogP contribution in [0.1, 0.15) is 46.0 Å². The van der Waals surface area contributed by atoms with Crippen molar-refractivity contribution in [2.75, 3.05) is 0 Å². The Hall–Kier alpha value is 1.10. The van der Waals surface area contributed by atoms with E-state index in [0.29, 0.717) is 0 Å². The molecule has 0 heterocycles. The maximum atomic E-state index is 2.44. The zero-order valence-electron chi connectivity index (χ0n) is 8.84. The van der Waals surface area contributed by atoms with E-state index in [0.717, 1.165) is 11.8 Å². The second kappa shape index (κ2) is 8.69. The minimum atomic E-state index is 0. The molecule has 1 rings (SSSR count). The molecule has 0 amide bonds.